The zero-order valence-corrected chi connectivity index (χ0v) is 12.6. The molecule has 0 bridgehead atoms. The molecule has 0 spiro atoms. The fourth-order valence-electron chi connectivity index (χ4n) is 3.00. The molecule has 0 amide bonds. The maximum atomic E-state index is 10.8. The lowest BCUT2D eigenvalue weighted by Crippen LogP contribution is -2.24. The van der Waals surface area contributed by atoms with Gasteiger partial charge in [-0.25, -0.2) is 4.68 Å². The van der Waals surface area contributed by atoms with E-state index >= 15 is 0 Å². The molecule has 7 nitrogen and oxygen atoms in total. The Bertz CT molecular complexity index is 495. The SMILES string of the molecule is COC(CC(=O)O)Cn1nnnc1C1C(C)(C)C1(C)C. The number of aliphatic carboxylic acids is 1. The molecule has 1 heterocycles. The first kappa shape index (κ1) is 14.9. The first-order valence-electron chi connectivity index (χ1n) is 6.72. The van der Waals surface area contributed by atoms with Crippen LogP contribution in [-0.2, 0) is 16.1 Å². The highest BCUT2D eigenvalue weighted by Crippen LogP contribution is 2.73. The van der Waals surface area contributed by atoms with Gasteiger partial charge in [0.2, 0.25) is 0 Å². The monoisotopic (exact) mass is 282 g/mol. The minimum Gasteiger partial charge on any atom is -0.481 e. The second-order valence-electron chi connectivity index (χ2n) is 6.55. The van der Waals surface area contributed by atoms with Crippen LogP contribution in [0.1, 0.15) is 45.9 Å². The fourth-order valence-corrected chi connectivity index (χ4v) is 3.00. The minimum atomic E-state index is -0.890. The Morgan fingerprint density at radius 2 is 2.00 bits per heavy atom. The van der Waals surface area contributed by atoms with Gasteiger partial charge < -0.3 is 9.84 Å². The Balaban J connectivity index is 2.16. The molecule has 1 aliphatic rings. The van der Waals surface area contributed by atoms with Crippen molar-refractivity contribution in [1.82, 2.24) is 20.2 Å². The van der Waals surface area contributed by atoms with E-state index in [1.54, 1.807) is 4.68 Å². The van der Waals surface area contributed by atoms with E-state index in [0.29, 0.717) is 6.54 Å². The van der Waals surface area contributed by atoms with Crippen LogP contribution in [0.3, 0.4) is 0 Å². The summed E-state index contributed by atoms with van der Waals surface area (Å²) in [5.74, 6) is 0.193. The summed E-state index contributed by atoms with van der Waals surface area (Å²) in [5, 5.41) is 20.7. The maximum absolute atomic E-state index is 10.8. The molecule has 1 aromatic heterocycles. The number of carboxylic acids is 1. The van der Waals surface area contributed by atoms with Gasteiger partial charge in [0, 0.05) is 13.0 Å². The quantitative estimate of drug-likeness (QED) is 0.846. The molecule has 0 aromatic carbocycles. The van der Waals surface area contributed by atoms with Gasteiger partial charge in [0.25, 0.3) is 0 Å². The van der Waals surface area contributed by atoms with Gasteiger partial charge in [0.1, 0.15) is 0 Å². The van der Waals surface area contributed by atoms with Gasteiger partial charge >= 0.3 is 5.97 Å². The Morgan fingerprint density at radius 3 is 2.45 bits per heavy atom. The van der Waals surface area contributed by atoms with E-state index in [0.717, 1.165) is 5.82 Å². The Kier molecular flexibility index (Phi) is 3.58. The van der Waals surface area contributed by atoms with Crippen LogP contribution in [0.15, 0.2) is 0 Å². The number of aromatic nitrogens is 4. The summed E-state index contributed by atoms with van der Waals surface area (Å²) in [6.07, 6.45) is -0.493. The third-order valence-electron chi connectivity index (χ3n) is 4.95. The second-order valence-corrected chi connectivity index (χ2v) is 6.55. The molecule has 1 N–H and O–H groups in total. The van der Waals surface area contributed by atoms with Crippen LogP contribution in [0, 0.1) is 10.8 Å². The molecule has 2 rings (SSSR count). The lowest BCUT2D eigenvalue weighted by atomic mass is 10.0. The highest BCUT2D eigenvalue weighted by Gasteiger charge is 2.67. The van der Waals surface area contributed by atoms with Crippen molar-refractivity contribution in [3.8, 4) is 0 Å². The number of ether oxygens (including phenoxy) is 1. The molecule has 0 radical (unpaired) electrons. The van der Waals surface area contributed by atoms with Crippen LogP contribution in [0.5, 0.6) is 0 Å². The van der Waals surface area contributed by atoms with Crippen molar-refractivity contribution >= 4 is 5.97 Å². The molecule has 1 atom stereocenters. The molecular formula is C13H22N4O3. The molecule has 1 aliphatic carbocycles. The first-order valence-corrected chi connectivity index (χ1v) is 6.72. The van der Waals surface area contributed by atoms with E-state index in [1.165, 1.54) is 7.11 Å². The van der Waals surface area contributed by atoms with Crippen LogP contribution in [0.25, 0.3) is 0 Å². The number of tetrazole rings is 1. The maximum Gasteiger partial charge on any atom is 0.306 e. The van der Waals surface area contributed by atoms with Crippen molar-refractivity contribution in [1.29, 1.82) is 0 Å². The molecular weight excluding hydrogens is 260 g/mol. The molecule has 112 valence electrons. The zero-order chi connectivity index (χ0) is 15.1. The summed E-state index contributed by atoms with van der Waals surface area (Å²) < 4.78 is 6.88. The number of rotatable bonds is 6. The average Bonchev–Trinajstić information content (AvgIpc) is 2.67. The van der Waals surface area contributed by atoms with Crippen molar-refractivity contribution < 1.29 is 14.6 Å². The van der Waals surface area contributed by atoms with Crippen molar-refractivity contribution in [2.45, 2.75) is 52.7 Å². The van der Waals surface area contributed by atoms with Crippen LogP contribution >= 0.6 is 0 Å². The largest absolute Gasteiger partial charge is 0.481 e. The zero-order valence-electron chi connectivity index (χ0n) is 12.6. The Labute approximate surface area is 118 Å². The van der Waals surface area contributed by atoms with E-state index in [9.17, 15) is 4.79 Å². The number of methoxy groups -OCH3 is 1. The van der Waals surface area contributed by atoms with Crippen molar-refractivity contribution in [3.63, 3.8) is 0 Å². The van der Waals surface area contributed by atoms with Crippen LogP contribution < -0.4 is 0 Å². The molecule has 1 saturated carbocycles. The second kappa shape index (κ2) is 4.80. The van der Waals surface area contributed by atoms with Gasteiger partial charge in [-0.05, 0) is 21.3 Å². The summed E-state index contributed by atoms with van der Waals surface area (Å²) in [5.41, 5.74) is 0.268. The third kappa shape index (κ3) is 2.30. The highest BCUT2D eigenvalue weighted by atomic mass is 16.5. The van der Waals surface area contributed by atoms with E-state index in [-0.39, 0.29) is 23.2 Å². The summed E-state index contributed by atoms with van der Waals surface area (Å²) in [7, 11) is 1.50. The number of hydrogen-bond acceptors (Lipinski definition) is 5. The smallest absolute Gasteiger partial charge is 0.306 e. The summed E-state index contributed by atoms with van der Waals surface area (Å²) in [6.45, 7) is 9.14. The normalized spacial score (nSPS) is 21.6. The number of hydrogen-bond donors (Lipinski definition) is 1. The molecule has 1 unspecified atom stereocenters. The van der Waals surface area contributed by atoms with Gasteiger partial charge in [0.15, 0.2) is 5.82 Å². The Morgan fingerprint density at radius 1 is 1.40 bits per heavy atom. The molecule has 20 heavy (non-hydrogen) atoms. The van der Waals surface area contributed by atoms with E-state index in [1.807, 2.05) is 0 Å². The molecule has 0 aliphatic heterocycles. The van der Waals surface area contributed by atoms with Crippen LogP contribution in [-0.4, -0.2) is 44.5 Å². The van der Waals surface area contributed by atoms with Gasteiger partial charge in [-0.15, -0.1) is 5.10 Å². The number of carboxylic acid groups (broad SMARTS) is 1. The Hall–Kier alpha value is -1.50. The molecule has 1 aromatic rings. The lowest BCUT2D eigenvalue weighted by molar-refractivity contribution is -0.140. The molecule has 1 fully saturated rings. The fraction of sp³-hybridized carbons (Fsp3) is 0.846. The summed E-state index contributed by atoms with van der Waals surface area (Å²) >= 11 is 0. The van der Waals surface area contributed by atoms with Crippen molar-refractivity contribution in [3.05, 3.63) is 5.82 Å². The van der Waals surface area contributed by atoms with Gasteiger partial charge in [-0.3, -0.25) is 4.79 Å². The predicted octanol–water partition coefficient (Wildman–Crippen LogP) is 1.31. The van der Waals surface area contributed by atoms with Crippen LogP contribution in [0.2, 0.25) is 0 Å². The van der Waals surface area contributed by atoms with Gasteiger partial charge in [-0.1, -0.05) is 27.7 Å². The summed E-state index contributed by atoms with van der Waals surface area (Å²) in [4.78, 5) is 10.8. The molecule has 7 heteroatoms. The lowest BCUT2D eigenvalue weighted by Gasteiger charge is -2.14. The van der Waals surface area contributed by atoms with E-state index in [4.69, 9.17) is 9.84 Å². The average molecular weight is 282 g/mol. The van der Waals surface area contributed by atoms with Gasteiger partial charge in [-0.2, -0.15) is 0 Å². The van der Waals surface area contributed by atoms with E-state index in [2.05, 4.69) is 43.2 Å². The van der Waals surface area contributed by atoms with Crippen molar-refractivity contribution in [2.75, 3.05) is 7.11 Å². The first-order chi connectivity index (χ1) is 9.21. The van der Waals surface area contributed by atoms with E-state index < -0.39 is 12.1 Å². The molecule has 0 saturated heterocycles. The topological polar surface area (TPSA) is 90.1 Å². The van der Waals surface area contributed by atoms with Crippen molar-refractivity contribution in [2.24, 2.45) is 10.8 Å². The number of carbonyl (C=O) groups is 1. The number of nitrogens with zero attached hydrogens (tertiary/aromatic N) is 4. The minimum absolute atomic E-state index is 0.0622. The standard InChI is InChI=1S/C13H22N4O3/c1-12(2)10(13(12,3)4)11-14-15-16-17(11)7-8(20-5)6-9(18)19/h8,10H,6-7H2,1-5H3,(H,18,19). The van der Waals surface area contributed by atoms with Crippen LogP contribution in [0.4, 0.5) is 0 Å². The highest BCUT2D eigenvalue weighted by molar-refractivity contribution is 5.67. The summed E-state index contributed by atoms with van der Waals surface area (Å²) in [6, 6.07) is 0. The van der Waals surface area contributed by atoms with Gasteiger partial charge in [0.05, 0.1) is 19.1 Å². The predicted molar refractivity (Wildman–Crippen MR) is 71.2 cm³/mol. The third-order valence-corrected chi connectivity index (χ3v) is 4.95.